The molecule has 0 aliphatic heterocycles. The summed E-state index contributed by atoms with van der Waals surface area (Å²) in [6, 6.07) is 22.5. The number of fused-ring (bicyclic) bond motifs is 2. The van der Waals surface area contributed by atoms with Crippen LogP contribution in [-0.4, -0.2) is 12.2 Å². The first-order valence-electron chi connectivity index (χ1n) is 8.36. The van der Waals surface area contributed by atoms with Crippen LogP contribution in [0.4, 0.5) is 22.7 Å². The van der Waals surface area contributed by atoms with Crippen LogP contribution >= 0.6 is 0 Å². The maximum absolute atomic E-state index is 10.3. The second kappa shape index (κ2) is 8.43. The van der Waals surface area contributed by atoms with E-state index in [-0.39, 0.29) is 0 Å². The van der Waals surface area contributed by atoms with E-state index in [1.807, 2.05) is 54.6 Å². The lowest BCUT2D eigenvalue weighted by Crippen LogP contribution is -1.94. The SMILES string of the molecule is Nc1ccc2ccccc2c1N.O=C=Nc1ccc2ccccc2c1N=C=O. The van der Waals surface area contributed by atoms with E-state index in [9.17, 15) is 9.59 Å². The molecule has 0 bridgehead atoms. The van der Waals surface area contributed by atoms with Gasteiger partial charge in [0.1, 0.15) is 11.4 Å². The number of anilines is 2. The van der Waals surface area contributed by atoms with Gasteiger partial charge < -0.3 is 11.5 Å². The second-order valence-electron chi connectivity index (χ2n) is 5.85. The van der Waals surface area contributed by atoms with Crippen LogP contribution in [0.25, 0.3) is 21.5 Å². The number of nitrogens with zero attached hydrogens (tertiary/aromatic N) is 2. The van der Waals surface area contributed by atoms with Gasteiger partial charge in [0.25, 0.3) is 0 Å². The van der Waals surface area contributed by atoms with Gasteiger partial charge in [-0.3, -0.25) is 0 Å². The molecule has 6 heteroatoms. The lowest BCUT2D eigenvalue weighted by molar-refractivity contribution is 0.564. The fourth-order valence-electron chi connectivity index (χ4n) is 2.86. The summed E-state index contributed by atoms with van der Waals surface area (Å²) in [5.74, 6) is 0. The van der Waals surface area contributed by atoms with Crippen molar-refractivity contribution in [3.8, 4) is 0 Å². The third-order valence-corrected chi connectivity index (χ3v) is 4.21. The molecule has 4 aromatic rings. The first kappa shape index (κ1) is 18.5. The van der Waals surface area contributed by atoms with E-state index in [0.717, 1.165) is 21.5 Å². The van der Waals surface area contributed by atoms with Gasteiger partial charge in [-0.2, -0.15) is 9.98 Å². The van der Waals surface area contributed by atoms with Crippen molar-refractivity contribution >= 4 is 56.5 Å². The summed E-state index contributed by atoms with van der Waals surface area (Å²) >= 11 is 0. The van der Waals surface area contributed by atoms with Gasteiger partial charge in [-0.05, 0) is 22.9 Å². The van der Waals surface area contributed by atoms with Crippen molar-refractivity contribution in [2.75, 3.05) is 11.5 Å². The van der Waals surface area contributed by atoms with E-state index in [4.69, 9.17) is 11.5 Å². The molecular weight excluding hydrogens is 352 g/mol. The quantitative estimate of drug-likeness (QED) is 0.301. The second-order valence-corrected chi connectivity index (χ2v) is 5.85. The molecule has 4 rings (SSSR count). The van der Waals surface area contributed by atoms with Crippen LogP contribution in [-0.2, 0) is 9.59 Å². The van der Waals surface area contributed by atoms with Gasteiger partial charge in [0.2, 0.25) is 12.2 Å². The van der Waals surface area contributed by atoms with Gasteiger partial charge in [-0.15, -0.1) is 0 Å². The van der Waals surface area contributed by atoms with Crippen molar-refractivity contribution in [3.05, 3.63) is 72.8 Å². The highest BCUT2D eigenvalue weighted by Gasteiger charge is 2.05. The molecule has 0 saturated carbocycles. The third kappa shape index (κ3) is 3.79. The highest BCUT2D eigenvalue weighted by Crippen LogP contribution is 2.35. The Morgan fingerprint density at radius 3 is 1.89 bits per heavy atom. The molecule has 0 spiro atoms. The topological polar surface area (TPSA) is 111 Å². The van der Waals surface area contributed by atoms with E-state index in [0.29, 0.717) is 22.7 Å². The Morgan fingerprint density at radius 2 is 1.21 bits per heavy atom. The molecule has 4 N–H and O–H groups in total. The fraction of sp³-hybridized carbons (Fsp3) is 0. The van der Waals surface area contributed by atoms with Crippen LogP contribution in [0.5, 0.6) is 0 Å². The van der Waals surface area contributed by atoms with E-state index in [2.05, 4.69) is 9.98 Å². The molecular formula is C22H16N4O2. The van der Waals surface area contributed by atoms with Crippen LogP contribution in [0, 0.1) is 0 Å². The molecule has 4 aromatic carbocycles. The van der Waals surface area contributed by atoms with Gasteiger partial charge in [0, 0.05) is 10.8 Å². The predicted octanol–water partition coefficient (Wildman–Crippen LogP) is 4.78. The van der Waals surface area contributed by atoms with Gasteiger partial charge in [-0.1, -0.05) is 60.7 Å². The molecule has 0 radical (unpaired) electrons. The lowest BCUT2D eigenvalue weighted by atomic mass is 10.1. The third-order valence-electron chi connectivity index (χ3n) is 4.21. The van der Waals surface area contributed by atoms with Crippen LogP contribution < -0.4 is 11.5 Å². The standard InChI is InChI=1S/C12H6N2O2.C10H10N2/c15-7-13-11-6-5-9-3-1-2-4-10(9)12(11)14-8-16;11-9-6-5-7-3-1-2-4-8(7)10(9)12/h1-6H;1-6H,11-12H2. The first-order valence-corrected chi connectivity index (χ1v) is 8.36. The number of nitrogen functional groups attached to an aromatic ring is 2. The number of hydrogen-bond donors (Lipinski definition) is 2. The lowest BCUT2D eigenvalue weighted by Gasteiger charge is -2.03. The van der Waals surface area contributed by atoms with Crippen molar-refractivity contribution in [2.24, 2.45) is 9.98 Å². The number of benzene rings is 4. The Bertz CT molecular complexity index is 1250. The highest BCUT2D eigenvalue weighted by atomic mass is 16.1. The summed E-state index contributed by atoms with van der Waals surface area (Å²) in [5, 5.41) is 3.82. The van der Waals surface area contributed by atoms with Crippen LogP contribution in [0.2, 0.25) is 0 Å². The molecule has 0 aromatic heterocycles. The summed E-state index contributed by atoms with van der Waals surface area (Å²) in [5.41, 5.74) is 13.4. The molecule has 0 atom stereocenters. The molecule has 0 amide bonds. The van der Waals surface area contributed by atoms with Gasteiger partial charge >= 0.3 is 0 Å². The molecule has 0 saturated heterocycles. The number of nitrogens with two attached hydrogens (primary N) is 2. The van der Waals surface area contributed by atoms with Crippen LogP contribution in [0.3, 0.4) is 0 Å². The van der Waals surface area contributed by atoms with Crippen LogP contribution in [0.15, 0.2) is 82.8 Å². The van der Waals surface area contributed by atoms with E-state index in [1.165, 1.54) is 12.2 Å². The van der Waals surface area contributed by atoms with Crippen molar-refractivity contribution in [1.82, 2.24) is 0 Å². The van der Waals surface area contributed by atoms with Crippen molar-refractivity contribution in [3.63, 3.8) is 0 Å². The Balaban J connectivity index is 0.000000167. The molecule has 28 heavy (non-hydrogen) atoms. The Labute approximate surface area is 160 Å². The van der Waals surface area contributed by atoms with Gasteiger partial charge in [-0.25, -0.2) is 9.59 Å². The van der Waals surface area contributed by atoms with Crippen molar-refractivity contribution < 1.29 is 9.59 Å². The summed E-state index contributed by atoms with van der Waals surface area (Å²) in [7, 11) is 0. The molecule has 0 aliphatic rings. The Morgan fingerprint density at radius 1 is 0.643 bits per heavy atom. The average Bonchev–Trinajstić information content (AvgIpc) is 2.73. The molecule has 0 unspecified atom stereocenters. The summed E-state index contributed by atoms with van der Waals surface area (Å²) in [6.07, 6.45) is 2.89. The molecule has 136 valence electrons. The highest BCUT2D eigenvalue weighted by molar-refractivity contribution is 5.99. The van der Waals surface area contributed by atoms with Gasteiger partial charge in [0.05, 0.1) is 11.4 Å². The van der Waals surface area contributed by atoms with Gasteiger partial charge in [0.15, 0.2) is 0 Å². The number of isocyanates is 2. The smallest absolute Gasteiger partial charge is 0.240 e. The van der Waals surface area contributed by atoms with E-state index in [1.54, 1.807) is 18.2 Å². The van der Waals surface area contributed by atoms with Crippen molar-refractivity contribution in [1.29, 1.82) is 0 Å². The summed E-state index contributed by atoms with van der Waals surface area (Å²) < 4.78 is 0. The number of carbonyl (C=O) groups excluding carboxylic acids is 2. The minimum absolute atomic E-state index is 0.317. The average molecular weight is 368 g/mol. The zero-order valence-electron chi connectivity index (χ0n) is 14.8. The van der Waals surface area contributed by atoms with Crippen molar-refractivity contribution in [2.45, 2.75) is 0 Å². The number of rotatable bonds is 2. The summed E-state index contributed by atoms with van der Waals surface area (Å²) in [6.45, 7) is 0. The largest absolute Gasteiger partial charge is 0.397 e. The molecule has 0 fully saturated rings. The monoisotopic (exact) mass is 368 g/mol. The number of aliphatic imine (C=N–C) groups is 2. The zero-order chi connectivity index (χ0) is 19.9. The normalized spacial score (nSPS) is 9.71. The zero-order valence-corrected chi connectivity index (χ0v) is 14.8. The minimum atomic E-state index is 0.317. The fourth-order valence-corrected chi connectivity index (χ4v) is 2.86. The first-order chi connectivity index (χ1) is 13.7. The Hall–Kier alpha value is -4.24. The van der Waals surface area contributed by atoms with E-state index < -0.39 is 0 Å². The molecule has 0 aliphatic carbocycles. The van der Waals surface area contributed by atoms with E-state index >= 15 is 0 Å². The molecule has 0 heterocycles. The predicted molar refractivity (Wildman–Crippen MR) is 112 cm³/mol. The summed E-state index contributed by atoms with van der Waals surface area (Å²) in [4.78, 5) is 27.6. The minimum Gasteiger partial charge on any atom is -0.397 e. The maximum atomic E-state index is 10.3. The van der Waals surface area contributed by atoms with Crippen LogP contribution in [0.1, 0.15) is 0 Å². The molecule has 6 nitrogen and oxygen atoms in total. The Kier molecular flexibility index (Phi) is 5.58. The number of hydrogen-bond acceptors (Lipinski definition) is 6. The maximum Gasteiger partial charge on any atom is 0.240 e.